The zero-order chi connectivity index (χ0) is 18.7. The molecule has 2 heterocycles. The fourth-order valence-electron chi connectivity index (χ4n) is 2.93. The van der Waals surface area contributed by atoms with Crippen molar-refractivity contribution in [3.05, 3.63) is 38.4 Å². The molecule has 3 rings (SSSR count). The Morgan fingerprint density at radius 3 is 2.85 bits per heavy atom. The lowest BCUT2D eigenvalue weighted by Crippen LogP contribution is -2.30. The molecule has 0 spiro atoms. The smallest absolute Gasteiger partial charge is 0.355 e. The van der Waals surface area contributed by atoms with Gasteiger partial charge < -0.3 is 15.0 Å². The quantitative estimate of drug-likeness (QED) is 0.556. The van der Waals surface area contributed by atoms with E-state index in [-0.39, 0.29) is 5.69 Å². The molecule has 8 heteroatoms. The SMILES string of the molecule is CC(OC(=O)c1cc(Br)c[nH]1)C(=O)Nc1sc2c(c1C#N)CCCCC2. The van der Waals surface area contributed by atoms with E-state index >= 15 is 0 Å². The number of halogens is 1. The maximum Gasteiger partial charge on any atom is 0.355 e. The van der Waals surface area contributed by atoms with Crippen molar-refractivity contribution in [2.45, 2.75) is 45.1 Å². The summed E-state index contributed by atoms with van der Waals surface area (Å²) in [6.07, 6.45) is 5.78. The second kappa shape index (κ2) is 8.06. The van der Waals surface area contributed by atoms with Crippen LogP contribution in [0.4, 0.5) is 5.00 Å². The molecular formula is C18H18BrN3O3S. The second-order valence-electron chi connectivity index (χ2n) is 6.15. The van der Waals surface area contributed by atoms with E-state index < -0.39 is 18.0 Å². The van der Waals surface area contributed by atoms with Crippen LogP contribution in [0.25, 0.3) is 0 Å². The summed E-state index contributed by atoms with van der Waals surface area (Å²) in [5.74, 6) is -1.06. The van der Waals surface area contributed by atoms with Crippen molar-refractivity contribution in [1.29, 1.82) is 5.26 Å². The first-order valence-electron chi connectivity index (χ1n) is 8.40. The van der Waals surface area contributed by atoms with E-state index in [9.17, 15) is 14.9 Å². The zero-order valence-electron chi connectivity index (χ0n) is 14.2. The number of aromatic nitrogens is 1. The lowest BCUT2D eigenvalue weighted by molar-refractivity contribution is -0.123. The van der Waals surface area contributed by atoms with E-state index in [2.05, 4.69) is 32.3 Å². The van der Waals surface area contributed by atoms with Gasteiger partial charge in [-0.3, -0.25) is 4.79 Å². The summed E-state index contributed by atoms with van der Waals surface area (Å²) in [4.78, 5) is 28.4. The van der Waals surface area contributed by atoms with Crippen LogP contribution in [-0.4, -0.2) is 23.0 Å². The van der Waals surface area contributed by atoms with E-state index in [0.29, 0.717) is 10.6 Å². The summed E-state index contributed by atoms with van der Waals surface area (Å²) in [5.41, 5.74) is 1.87. The predicted molar refractivity (Wildman–Crippen MR) is 102 cm³/mol. The number of hydrogen-bond acceptors (Lipinski definition) is 5. The number of nitriles is 1. The van der Waals surface area contributed by atoms with Crippen molar-refractivity contribution in [2.24, 2.45) is 0 Å². The van der Waals surface area contributed by atoms with Gasteiger partial charge in [-0.25, -0.2) is 4.79 Å². The number of ether oxygens (including phenoxy) is 1. The van der Waals surface area contributed by atoms with E-state index in [0.717, 1.165) is 42.1 Å². The van der Waals surface area contributed by atoms with Gasteiger partial charge in [-0.2, -0.15) is 5.26 Å². The van der Waals surface area contributed by atoms with Gasteiger partial charge in [-0.05, 0) is 60.2 Å². The van der Waals surface area contributed by atoms with Crippen LogP contribution >= 0.6 is 27.3 Å². The molecule has 0 bridgehead atoms. The summed E-state index contributed by atoms with van der Waals surface area (Å²) < 4.78 is 5.92. The van der Waals surface area contributed by atoms with Crippen LogP contribution in [0.3, 0.4) is 0 Å². The Labute approximate surface area is 163 Å². The van der Waals surface area contributed by atoms with Crippen LogP contribution in [0.1, 0.15) is 52.7 Å². The minimum atomic E-state index is -0.974. The van der Waals surface area contributed by atoms with Gasteiger partial charge in [0.1, 0.15) is 16.8 Å². The monoisotopic (exact) mass is 435 g/mol. The van der Waals surface area contributed by atoms with Crippen LogP contribution < -0.4 is 5.32 Å². The molecule has 1 unspecified atom stereocenters. The van der Waals surface area contributed by atoms with E-state index in [1.54, 1.807) is 12.3 Å². The lowest BCUT2D eigenvalue weighted by Gasteiger charge is -2.12. The Morgan fingerprint density at radius 2 is 2.15 bits per heavy atom. The maximum atomic E-state index is 12.4. The standard InChI is InChI=1S/C18H18BrN3O3S/c1-10(25-18(24)14-7-11(19)9-21-14)16(23)22-17-13(8-20)12-5-3-2-4-6-15(12)26-17/h7,9-10,21H,2-6H2,1H3,(H,22,23). The highest BCUT2D eigenvalue weighted by atomic mass is 79.9. The number of hydrogen-bond donors (Lipinski definition) is 2. The average Bonchev–Trinajstić information content (AvgIpc) is 3.10. The van der Waals surface area contributed by atoms with Crippen LogP contribution in [0.5, 0.6) is 0 Å². The summed E-state index contributed by atoms with van der Waals surface area (Å²) in [6.45, 7) is 1.51. The Kier molecular flexibility index (Phi) is 5.79. The molecule has 1 aliphatic rings. The van der Waals surface area contributed by atoms with Crippen LogP contribution in [0.15, 0.2) is 16.7 Å². The Bertz CT molecular complexity index is 881. The van der Waals surface area contributed by atoms with Crippen molar-refractivity contribution in [1.82, 2.24) is 4.98 Å². The molecule has 1 aliphatic carbocycles. The molecule has 0 saturated heterocycles. The zero-order valence-corrected chi connectivity index (χ0v) is 16.6. The number of thiophene rings is 1. The molecule has 136 valence electrons. The Morgan fingerprint density at radius 1 is 1.38 bits per heavy atom. The largest absolute Gasteiger partial charge is 0.448 e. The van der Waals surface area contributed by atoms with Gasteiger partial charge in [-0.15, -0.1) is 11.3 Å². The van der Waals surface area contributed by atoms with Crippen LogP contribution in [-0.2, 0) is 22.4 Å². The molecule has 2 aromatic heterocycles. The summed E-state index contributed by atoms with van der Waals surface area (Å²) >= 11 is 4.70. The van der Waals surface area contributed by atoms with Gasteiger partial charge in [0.25, 0.3) is 5.91 Å². The van der Waals surface area contributed by atoms with Crippen LogP contribution in [0.2, 0.25) is 0 Å². The minimum absolute atomic E-state index is 0.261. The first-order valence-corrected chi connectivity index (χ1v) is 10.0. The van der Waals surface area contributed by atoms with Crippen molar-refractivity contribution < 1.29 is 14.3 Å². The molecule has 2 aromatic rings. The average molecular weight is 436 g/mol. The molecule has 0 radical (unpaired) electrons. The van der Waals surface area contributed by atoms with Gasteiger partial charge in [0.2, 0.25) is 0 Å². The number of H-pyrrole nitrogens is 1. The topological polar surface area (TPSA) is 95.0 Å². The maximum absolute atomic E-state index is 12.4. The Balaban J connectivity index is 1.69. The van der Waals surface area contributed by atoms with E-state index in [1.165, 1.54) is 23.1 Å². The van der Waals surface area contributed by atoms with Crippen molar-refractivity contribution >= 4 is 44.1 Å². The first-order chi connectivity index (χ1) is 12.5. The molecule has 0 saturated carbocycles. The number of rotatable bonds is 4. The molecule has 6 nitrogen and oxygen atoms in total. The number of esters is 1. The number of carbonyl (C=O) groups excluding carboxylic acids is 2. The number of anilines is 1. The number of aryl methyl sites for hydroxylation is 1. The summed E-state index contributed by atoms with van der Waals surface area (Å²) in [6, 6.07) is 3.80. The van der Waals surface area contributed by atoms with Gasteiger partial charge in [0, 0.05) is 15.5 Å². The molecule has 1 amide bonds. The highest BCUT2D eigenvalue weighted by molar-refractivity contribution is 9.10. The van der Waals surface area contributed by atoms with Gasteiger partial charge >= 0.3 is 5.97 Å². The third-order valence-corrected chi connectivity index (χ3v) is 5.96. The number of nitrogens with zero attached hydrogens (tertiary/aromatic N) is 1. The third kappa shape index (κ3) is 4.00. The second-order valence-corrected chi connectivity index (χ2v) is 8.17. The number of amides is 1. The first kappa shape index (κ1) is 18.7. The number of aromatic amines is 1. The lowest BCUT2D eigenvalue weighted by atomic mass is 10.1. The van der Waals surface area contributed by atoms with E-state index in [1.807, 2.05) is 0 Å². The van der Waals surface area contributed by atoms with E-state index in [4.69, 9.17) is 4.74 Å². The molecule has 0 aliphatic heterocycles. The predicted octanol–water partition coefficient (Wildman–Crippen LogP) is 4.16. The number of nitrogens with one attached hydrogen (secondary N) is 2. The fraction of sp³-hybridized carbons (Fsp3) is 0.389. The molecular weight excluding hydrogens is 418 g/mol. The molecule has 26 heavy (non-hydrogen) atoms. The van der Waals surface area contributed by atoms with Crippen molar-refractivity contribution in [2.75, 3.05) is 5.32 Å². The van der Waals surface area contributed by atoms with Gasteiger partial charge in [0.15, 0.2) is 6.10 Å². The minimum Gasteiger partial charge on any atom is -0.448 e. The van der Waals surface area contributed by atoms with Crippen molar-refractivity contribution in [3.8, 4) is 6.07 Å². The summed E-state index contributed by atoms with van der Waals surface area (Å²) in [5, 5.41) is 12.8. The van der Waals surface area contributed by atoms with Crippen LogP contribution in [0, 0.1) is 11.3 Å². The molecule has 0 aromatic carbocycles. The molecule has 1 atom stereocenters. The fourth-order valence-corrected chi connectivity index (χ4v) is 4.51. The third-order valence-electron chi connectivity index (χ3n) is 4.29. The normalized spacial score (nSPS) is 14.7. The van der Waals surface area contributed by atoms with Gasteiger partial charge in [-0.1, -0.05) is 6.42 Å². The molecule has 0 fully saturated rings. The summed E-state index contributed by atoms with van der Waals surface area (Å²) in [7, 11) is 0. The Hall–Kier alpha value is -2.11. The molecule has 2 N–H and O–H groups in total. The highest BCUT2D eigenvalue weighted by Crippen LogP contribution is 2.37. The number of fused-ring (bicyclic) bond motifs is 1. The highest BCUT2D eigenvalue weighted by Gasteiger charge is 2.24. The van der Waals surface area contributed by atoms with Crippen molar-refractivity contribution in [3.63, 3.8) is 0 Å². The number of carbonyl (C=O) groups is 2. The van der Waals surface area contributed by atoms with Gasteiger partial charge in [0.05, 0.1) is 5.56 Å².